The lowest BCUT2D eigenvalue weighted by atomic mass is 10.0. The van der Waals surface area contributed by atoms with Crippen molar-refractivity contribution in [1.82, 2.24) is 30.2 Å². The van der Waals surface area contributed by atoms with E-state index in [1.807, 2.05) is 0 Å². The van der Waals surface area contributed by atoms with Crippen molar-refractivity contribution in [2.45, 2.75) is 22.2 Å². The Morgan fingerprint density at radius 2 is 1.06 bits per heavy atom. The molecule has 0 radical (unpaired) electrons. The molecule has 18 heteroatoms. The molecule has 0 bridgehead atoms. The lowest BCUT2D eigenvalue weighted by molar-refractivity contribution is 0.230. The van der Waals surface area contributed by atoms with E-state index >= 15 is 0 Å². The van der Waals surface area contributed by atoms with E-state index in [2.05, 4.69) is 46.2 Å². The van der Waals surface area contributed by atoms with Crippen LogP contribution in [0.3, 0.4) is 0 Å². The smallest absolute Gasteiger partial charge is 0.247 e. The zero-order chi connectivity index (χ0) is 34.6. The molecule has 0 aliphatic carbocycles. The average Bonchev–Trinajstić information content (AvgIpc) is 3.70. The molecule has 6 rings (SSSR count). The molecule has 4 heterocycles. The van der Waals surface area contributed by atoms with Crippen LogP contribution in [0.5, 0.6) is 0 Å². The van der Waals surface area contributed by atoms with Gasteiger partial charge in [0.1, 0.15) is 29.6 Å². The van der Waals surface area contributed by atoms with Crippen LogP contribution in [0.15, 0.2) is 92.4 Å². The van der Waals surface area contributed by atoms with E-state index < -0.39 is 32.1 Å². The van der Waals surface area contributed by atoms with Crippen molar-refractivity contribution in [3.8, 4) is 45.0 Å². The second-order valence-corrected chi connectivity index (χ2v) is 14.3. The fourth-order valence-electron chi connectivity index (χ4n) is 4.30. The fourth-order valence-corrected chi connectivity index (χ4v) is 5.72. The molecule has 0 aliphatic heterocycles. The highest BCUT2D eigenvalue weighted by atomic mass is 79.9. The maximum atomic E-state index is 13.1. The van der Waals surface area contributed by atoms with Gasteiger partial charge in [0.2, 0.25) is 30.0 Å². The number of aliphatic hydroxyl groups excluding tert-OH is 1. The third-order valence-corrected chi connectivity index (χ3v) is 8.70. The Morgan fingerprint density at radius 3 is 1.44 bits per heavy atom. The Bertz CT molecular complexity index is 2140. The predicted octanol–water partition coefficient (Wildman–Crippen LogP) is 5.07. The number of halogens is 3. The SMILES string of the molecule is CS(=O)(=O)c1nccc(-c2c(-c3ccc(F)cc3)noc2CBr)n1.CS(=O)(=O)c1nccc(-c2c(-c3ccc(F)cc3)noc2CO)n1. The normalized spacial score (nSPS) is 11.6. The van der Waals surface area contributed by atoms with E-state index in [0.717, 1.165) is 12.5 Å². The van der Waals surface area contributed by atoms with E-state index in [0.29, 0.717) is 50.4 Å². The zero-order valence-electron chi connectivity index (χ0n) is 24.9. The van der Waals surface area contributed by atoms with Gasteiger partial charge in [-0.3, -0.25) is 0 Å². The monoisotopic (exact) mass is 760 g/mol. The van der Waals surface area contributed by atoms with Crippen LogP contribution in [0, 0.1) is 11.6 Å². The number of aliphatic hydroxyl groups is 1. The number of hydrogen-bond acceptors (Lipinski definition) is 13. The van der Waals surface area contributed by atoms with E-state index in [1.54, 1.807) is 18.2 Å². The Balaban J connectivity index is 0.000000188. The Labute approximate surface area is 280 Å². The number of nitrogens with zero attached hydrogens (tertiary/aromatic N) is 6. The molecule has 0 saturated carbocycles. The Hall–Kier alpha value is -4.78. The van der Waals surface area contributed by atoms with Crippen molar-refractivity contribution in [1.29, 1.82) is 0 Å². The van der Waals surface area contributed by atoms with Crippen molar-refractivity contribution < 1.29 is 39.8 Å². The molecule has 0 saturated heterocycles. The zero-order valence-corrected chi connectivity index (χ0v) is 28.1. The van der Waals surface area contributed by atoms with Gasteiger partial charge in [0.25, 0.3) is 0 Å². The molecule has 0 aliphatic rings. The highest BCUT2D eigenvalue weighted by molar-refractivity contribution is 9.08. The summed E-state index contributed by atoms with van der Waals surface area (Å²) >= 11 is 3.31. The lowest BCUT2D eigenvalue weighted by Gasteiger charge is -2.04. The van der Waals surface area contributed by atoms with Gasteiger partial charge < -0.3 is 14.2 Å². The summed E-state index contributed by atoms with van der Waals surface area (Å²) in [6, 6.07) is 14.3. The van der Waals surface area contributed by atoms with Crippen molar-refractivity contribution in [2.75, 3.05) is 12.5 Å². The summed E-state index contributed by atoms with van der Waals surface area (Å²) in [6.07, 6.45) is 4.68. The first-order chi connectivity index (χ1) is 22.8. The molecule has 0 spiro atoms. The summed E-state index contributed by atoms with van der Waals surface area (Å²) < 4.78 is 83.3. The van der Waals surface area contributed by atoms with Gasteiger partial charge in [-0.05, 0) is 60.7 Å². The summed E-state index contributed by atoms with van der Waals surface area (Å²) in [4.78, 5) is 15.6. The number of sulfone groups is 2. The van der Waals surface area contributed by atoms with Crippen LogP contribution in [0.4, 0.5) is 8.78 Å². The predicted molar refractivity (Wildman–Crippen MR) is 171 cm³/mol. The van der Waals surface area contributed by atoms with Gasteiger partial charge in [0.15, 0.2) is 11.5 Å². The van der Waals surface area contributed by atoms with Crippen molar-refractivity contribution in [3.63, 3.8) is 0 Å². The van der Waals surface area contributed by atoms with Gasteiger partial charge in [0, 0.05) is 36.0 Å². The van der Waals surface area contributed by atoms with Gasteiger partial charge in [-0.15, -0.1) is 0 Å². The van der Waals surface area contributed by atoms with Gasteiger partial charge in [0.05, 0.1) is 27.8 Å². The minimum absolute atomic E-state index is 0.118. The van der Waals surface area contributed by atoms with Crippen molar-refractivity contribution >= 4 is 35.6 Å². The first kappa shape index (κ1) is 34.6. The van der Waals surface area contributed by atoms with Gasteiger partial charge in [-0.1, -0.05) is 26.2 Å². The molecular weight excluding hydrogens is 738 g/mol. The molecule has 2 aromatic carbocycles. The minimum atomic E-state index is -3.60. The van der Waals surface area contributed by atoms with E-state index in [9.17, 15) is 30.7 Å². The molecule has 0 atom stereocenters. The van der Waals surface area contributed by atoms with Crippen LogP contribution in [0.2, 0.25) is 0 Å². The lowest BCUT2D eigenvalue weighted by Crippen LogP contribution is -2.04. The van der Waals surface area contributed by atoms with E-state index in [4.69, 9.17) is 9.05 Å². The summed E-state index contributed by atoms with van der Waals surface area (Å²) in [5.41, 5.74) is 3.38. The Kier molecular flexibility index (Phi) is 10.2. The third kappa shape index (κ3) is 7.67. The summed E-state index contributed by atoms with van der Waals surface area (Å²) in [5, 5.41) is 17.1. The summed E-state index contributed by atoms with van der Waals surface area (Å²) in [5.74, 6) is -0.182. The van der Waals surface area contributed by atoms with Crippen LogP contribution in [-0.4, -0.2) is 64.7 Å². The number of benzene rings is 2. The molecule has 13 nitrogen and oxygen atoms in total. The van der Waals surface area contributed by atoms with Crippen molar-refractivity contribution in [3.05, 3.63) is 96.2 Å². The molecule has 1 N–H and O–H groups in total. The maximum absolute atomic E-state index is 13.1. The molecule has 48 heavy (non-hydrogen) atoms. The van der Waals surface area contributed by atoms with Crippen LogP contribution in [0.1, 0.15) is 11.5 Å². The van der Waals surface area contributed by atoms with Gasteiger partial charge in [-0.2, -0.15) is 0 Å². The second-order valence-electron chi connectivity index (χ2n) is 9.96. The summed E-state index contributed by atoms with van der Waals surface area (Å²) in [6.45, 7) is -0.457. The molecule has 0 fully saturated rings. The number of aromatic nitrogens is 6. The number of hydrogen-bond donors (Lipinski definition) is 1. The quantitative estimate of drug-likeness (QED) is 0.160. The van der Waals surface area contributed by atoms with Crippen LogP contribution in [0.25, 0.3) is 45.0 Å². The first-order valence-corrected chi connectivity index (χ1v) is 18.4. The largest absolute Gasteiger partial charge is 0.388 e. The maximum Gasteiger partial charge on any atom is 0.247 e. The highest BCUT2D eigenvalue weighted by Crippen LogP contribution is 2.36. The topological polar surface area (TPSA) is 192 Å². The molecule has 0 unspecified atom stereocenters. The standard InChI is InChI=1S/C15H11BrFN3O3S.C15H12FN3O4S/c1-24(21,22)15-18-7-6-11(19-15)13-12(8-16)23-20-14(13)9-2-4-10(17)5-3-9;1-24(21,22)15-17-7-6-11(18-15)13-12(8-20)23-19-14(13)9-2-4-10(16)5-3-9/h2-7H,8H2,1H3;2-7,20H,8H2,1H3. The van der Waals surface area contributed by atoms with Crippen LogP contribution in [-0.2, 0) is 31.6 Å². The molecular formula is C30H23BrF2N6O7S2. The van der Waals surface area contributed by atoms with E-state index in [-0.39, 0.29) is 27.6 Å². The van der Waals surface area contributed by atoms with E-state index in [1.165, 1.54) is 54.9 Å². The first-order valence-electron chi connectivity index (χ1n) is 13.5. The number of rotatable bonds is 8. The molecule has 4 aromatic heterocycles. The molecule has 248 valence electrons. The van der Waals surface area contributed by atoms with Crippen molar-refractivity contribution in [2.24, 2.45) is 0 Å². The molecule has 0 amide bonds. The number of alkyl halides is 1. The van der Waals surface area contributed by atoms with Crippen LogP contribution >= 0.6 is 15.9 Å². The second kappa shape index (κ2) is 14.1. The highest BCUT2D eigenvalue weighted by Gasteiger charge is 2.23. The Morgan fingerprint density at radius 1 is 0.667 bits per heavy atom. The fraction of sp³-hybridized carbons (Fsp3) is 0.133. The van der Waals surface area contributed by atoms with Gasteiger partial charge in [-0.25, -0.2) is 45.6 Å². The minimum Gasteiger partial charge on any atom is -0.388 e. The van der Waals surface area contributed by atoms with Crippen LogP contribution < -0.4 is 0 Å². The summed E-state index contributed by atoms with van der Waals surface area (Å²) in [7, 11) is -7.16. The average molecular weight is 762 g/mol. The molecule has 6 aromatic rings. The van der Waals surface area contributed by atoms with Gasteiger partial charge >= 0.3 is 0 Å². The third-order valence-electron chi connectivity index (χ3n) is 6.47.